The average Bonchev–Trinajstić information content (AvgIpc) is 2.85. The zero-order chi connectivity index (χ0) is 23.4. The second-order valence-corrected chi connectivity index (χ2v) is 7.50. The summed E-state index contributed by atoms with van der Waals surface area (Å²) in [6, 6.07) is 22.2. The Morgan fingerprint density at radius 2 is 1.76 bits per heavy atom. The van der Waals surface area contributed by atoms with Crippen molar-refractivity contribution in [1.82, 2.24) is 5.32 Å². The van der Waals surface area contributed by atoms with Crippen LogP contribution in [0.4, 0.5) is 5.69 Å². The summed E-state index contributed by atoms with van der Waals surface area (Å²) in [5, 5.41) is 25.4. The van der Waals surface area contributed by atoms with Crippen LogP contribution in [0.2, 0.25) is 0 Å². The van der Waals surface area contributed by atoms with E-state index in [9.17, 15) is 15.2 Å². The summed E-state index contributed by atoms with van der Waals surface area (Å²) in [5.74, 6) is -0.287. The number of phenols is 1. The molecule has 0 saturated heterocycles. The molecule has 1 aliphatic rings. The number of nitro groups is 1. The lowest BCUT2D eigenvalue weighted by molar-refractivity contribution is -0.386. The van der Waals surface area contributed by atoms with Crippen LogP contribution in [0.25, 0.3) is 0 Å². The Kier molecular flexibility index (Phi) is 6.35. The molecule has 0 spiro atoms. The summed E-state index contributed by atoms with van der Waals surface area (Å²) in [4.78, 5) is 20.1. The molecule has 0 amide bonds. The van der Waals surface area contributed by atoms with E-state index >= 15 is 0 Å². The van der Waals surface area contributed by atoms with E-state index in [1.54, 1.807) is 20.0 Å². The van der Waals surface area contributed by atoms with Gasteiger partial charge in [-0.15, -0.1) is 0 Å². The fourth-order valence-electron chi connectivity index (χ4n) is 4.05. The molecule has 8 nitrogen and oxygen atoms in total. The van der Waals surface area contributed by atoms with E-state index in [-0.39, 0.29) is 18.3 Å². The Morgan fingerprint density at radius 3 is 2.36 bits per heavy atom. The Hall–Kier alpha value is -4.20. The van der Waals surface area contributed by atoms with Gasteiger partial charge in [0.1, 0.15) is 0 Å². The number of phenolic OH excluding ortho intramolecular Hbond substituents is 1. The first kappa shape index (κ1) is 22.0. The van der Waals surface area contributed by atoms with Crippen molar-refractivity contribution in [3.63, 3.8) is 0 Å². The van der Waals surface area contributed by atoms with Gasteiger partial charge in [-0.25, -0.2) is 4.99 Å². The topological polar surface area (TPSA) is 109 Å². The van der Waals surface area contributed by atoms with Crippen LogP contribution in [0, 0.1) is 10.1 Å². The van der Waals surface area contributed by atoms with Gasteiger partial charge in [-0.2, -0.15) is 0 Å². The van der Waals surface area contributed by atoms with Gasteiger partial charge in [0.25, 0.3) is 0 Å². The largest absolute Gasteiger partial charge is 0.500 e. The first-order valence-electron chi connectivity index (χ1n) is 10.6. The molecule has 2 atom stereocenters. The lowest BCUT2D eigenvalue weighted by Crippen LogP contribution is -2.40. The van der Waals surface area contributed by atoms with E-state index in [0.29, 0.717) is 11.5 Å². The van der Waals surface area contributed by atoms with Crippen LogP contribution in [0.1, 0.15) is 35.6 Å². The summed E-state index contributed by atoms with van der Waals surface area (Å²) in [6.45, 7) is 2.01. The van der Waals surface area contributed by atoms with Crippen LogP contribution in [0.5, 0.6) is 11.5 Å². The highest BCUT2D eigenvalue weighted by molar-refractivity contribution is 6.13. The zero-order valence-corrected chi connectivity index (χ0v) is 18.3. The highest BCUT2D eigenvalue weighted by Gasteiger charge is 2.36. The van der Waals surface area contributed by atoms with Gasteiger partial charge in [0.2, 0.25) is 11.7 Å². The van der Waals surface area contributed by atoms with Crippen molar-refractivity contribution in [1.29, 1.82) is 0 Å². The molecule has 1 aliphatic heterocycles. The van der Waals surface area contributed by atoms with Gasteiger partial charge in [-0.05, 0) is 29.7 Å². The van der Waals surface area contributed by atoms with Crippen LogP contribution < -0.4 is 10.1 Å². The summed E-state index contributed by atoms with van der Waals surface area (Å²) in [7, 11) is 1.64. The number of benzene rings is 3. The summed E-state index contributed by atoms with van der Waals surface area (Å²) >= 11 is 0. The number of nitro benzene ring substituents is 1. The maximum Gasteiger partial charge on any atom is 0.315 e. The van der Waals surface area contributed by atoms with Crippen LogP contribution >= 0.6 is 0 Å². The minimum absolute atomic E-state index is 0.0640. The van der Waals surface area contributed by atoms with Crippen molar-refractivity contribution < 1.29 is 14.8 Å². The van der Waals surface area contributed by atoms with Gasteiger partial charge in [0.15, 0.2) is 5.75 Å². The molecule has 2 N–H and O–H groups in total. The summed E-state index contributed by atoms with van der Waals surface area (Å²) in [6.07, 6.45) is 0. The van der Waals surface area contributed by atoms with Gasteiger partial charge in [0, 0.05) is 13.1 Å². The van der Waals surface area contributed by atoms with Gasteiger partial charge >= 0.3 is 5.69 Å². The lowest BCUT2D eigenvalue weighted by atomic mass is 9.80. The van der Waals surface area contributed by atoms with Crippen molar-refractivity contribution in [3.8, 4) is 11.5 Å². The number of aliphatic imine (C=N–C) groups is 2. The average molecular weight is 444 g/mol. The second kappa shape index (κ2) is 9.52. The number of hydrogen-bond acceptors (Lipinski definition) is 5. The number of nitrogens with one attached hydrogen (secondary N) is 1. The number of guanidine groups is 1. The fraction of sp³-hybridized carbons (Fsp3) is 0.200. The number of rotatable bonds is 6. The van der Waals surface area contributed by atoms with Gasteiger partial charge in [-0.3, -0.25) is 15.1 Å². The Bertz CT molecular complexity index is 1210. The van der Waals surface area contributed by atoms with Crippen molar-refractivity contribution in [3.05, 3.63) is 99.6 Å². The fourth-order valence-corrected chi connectivity index (χ4v) is 4.05. The minimum Gasteiger partial charge on any atom is -0.500 e. The normalized spacial score (nSPS) is 19.0. The molecule has 0 radical (unpaired) electrons. The zero-order valence-electron chi connectivity index (χ0n) is 18.3. The molecule has 4 rings (SSSR count). The van der Waals surface area contributed by atoms with E-state index in [1.165, 1.54) is 6.07 Å². The number of nitrogens with zero attached hydrogens (tertiary/aromatic N) is 3. The molecule has 0 fully saturated rings. The molecule has 0 aliphatic carbocycles. The molecule has 2 unspecified atom stereocenters. The van der Waals surface area contributed by atoms with E-state index < -0.39 is 22.4 Å². The third-order valence-corrected chi connectivity index (χ3v) is 5.51. The van der Waals surface area contributed by atoms with E-state index in [2.05, 4.69) is 10.3 Å². The molecular weight excluding hydrogens is 420 g/mol. The first-order chi connectivity index (χ1) is 16.0. The molecule has 0 aromatic heterocycles. The minimum atomic E-state index is -0.608. The van der Waals surface area contributed by atoms with Crippen molar-refractivity contribution >= 4 is 17.4 Å². The number of ether oxygens (including phenoxy) is 1. The molecule has 3 aromatic carbocycles. The Balaban J connectivity index is 1.95. The van der Waals surface area contributed by atoms with E-state index in [4.69, 9.17) is 9.73 Å². The Labute approximate surface area is 191 Å². The van der Waals surface area contributed by atoms with Crippen LogP contribution in [0.3, 0.4) is 0 Å². The maximum atomic E-state index is 11.7. The monoisotopic (exact) mass is 444 g/mol. The van der Waals surface area contributed by atoms with Crippen molar-refractivity contribution in [2.45, 2.75) is 18.9 Å². The smallest absolute Gasteiger partial charge is 0.315 e. The van der Waals surface area contributed by atoms with Gasteiger partial charge in [0.05, 0.1) is 29.2 Å². The maximum absolute atomic E-state index is 11.7. The second-order valence-electron chi connectivity index (χ2n) is 7.50. The SMILES string of the molecule is CCOc1cc(C2NC(=NC)N=C(c3ccccc3)C2c2ccccc2)cc([N+](=O)[O-])c1O. The van der Waals surface area contributed by atoms with Crippen molar-refractivity contribution in [2.24, 2.45) is 9.98 Å². The summed E-state index contributed by atoms with van der Waals surface area (Å²) < 4.78 is 5.52. The predicted octanol–water partition coefficient (Wildman–Crippen LogP) is 4.60. The Morgan fingerprint density at radius 1 is 1.09 bits per heavy atom. The molecule has 168 valence electrons. The van der Waals surface area contributed by atoms with Gasteiger partial charge in [-0.1, -0.05) is 60.7 Å². The van der Waals surface area contributed by atoms with Crippen LogP contribution in [-0.2, 0) is 0 Å². The predicted molar refractivity (Wildman–Crippen MR) is 127 cm³/mol. The van der Waals surface area contributed by atoms with Crippen LogP contribution in [0.15, 0.2) is 82.8 Å². The quantitative estimate of drug-likeness (QED) is 0.426. The number of aromatic hydroxyl groups is 1. The summed E-state index contributed by atoms with van der Waals surface area (Å²) in [5.41, 5.74) is 2.88. The van der Waals surface area contributed by atoms with Gasteiger partial charge < -0.3 is 15.2 Å². The third-order valence-electron chi connectivity index (χ3n) is 5.51. The first-order valence-corrected chi connectivity index (χ1v) is 10.6. The lowest BCUT2D eigenvalue weighted by Gasteiger charge is -2.34. The van der Waals surface area contributed by atoms with E-state index in [0.717, 1.165) is 16.8 Å². The highest BCUT2D eigenvalue weighted by atomic mass is 16.6. The standard InChI is InChI=1S/C25H24N4O4/c1-3-33-20-15-18(14-19(24(20)30)29(31)32)23-21(16-10-6-4-7-11-16)22(27-25(26-2)28-23)17-12-8-5-9-13-17/h4-15,21,23,30H,3H2,1-2H3,(H,26,28). The molecule has 8 heteroatoms. The third kappa shape index (κ3) is 4.41. The molecule has 1 heterocycles. The molecule has 0 bridgehead atoms. The van der Waals surface area contributed by atoms with E-state index in [1.807, 2.05) is 60.7 Å². The van der Waals surface area contributed by atoms with Crippen molar-refractivity contribution in [2.75, 3.05) is 13.7 Å². The highest BCUT2D eigenvalue weighted by Crippen LogP contribution is 2.43. The molecule has 0 saturated carbocycles. The number of hydrogen-bond donors (Lipinski definition) is 2. The molecule has 3 aromatic rings. The molecular formula is C25H24N4O4. The van der Waals surface area contributed by atoms with Crippen LogP contribution in [-0.4, -0.2) is 35.4 Å². The molecule has 33 heavy (non-hydrogen) atoms.